The summed E-state index contributed by atoms with van der Waals surface area (Å²) in [6.45, 7) is 7.72. The van der Waals surface area contributed by atoms with Crippen LogP contribution in [0.5, 0.6) is 5.88 Å². The van der Waals surface area contributed by atoms with Crippen molar-refractivity contribution in [1.82, 2.24) is 25.4 Å². The van der Waals surface area contributed by atoms with Crippen molar-refractivity contribution in [3.05, 3.63) is 57.0 Å². The van der Waals surface area contributed by atoms with Crippen LogP contribution in [0.25, 0.3) is 0 Å². The minimum Gasteiger partial charge on any atom is -0.475 e. The van der Waals surface area contributed by atoms with Gasteiger partial charge in [0.1, 0.15) is 5.82 Å². The molecule has 0 spiro atoms. The number of anilines is 2. The lowest BCUT2D eigenvalue weighted by Gasteiger charge is -2.12. The molecule has 1 N–H and O–H groups in total. The molecule has 3 aromatic rings. The van der Waals surface area contributed by atoms with E-state index in [-0.39, 0.29) is 46.0 Å². The number of nitrogens with one attached hydrogen (secondary N) is 1. The van der Waals surface area contributed by atoms with E-state index in [0.717, 1.165) is 0 Å². The Hall–Kier alpha value is -3.28. The summed E-state index contributed by atoms with van der Waals surface area (Å²) in [5.41, 5.74) is 0.374. The third kappa shape index (κ3) is 9.06. The van der Waals surface area contributed by atoms with Crippen LogP contribution < -0.4 is 10.1 Å². The zero-order valence-corrected chi connectivity index (χ0v) is 22.1. The van der Waals surface area contributed by atoms with E-state index in [1.54, 1.807) is 32.0 Å². The van der Waals surface area contributed by atoms with Crippen LogP contribution in [0.3, 0.4) is 0 Å². The van der Waals surface area contributed by atoms with Gasteiger partial charge in [-0.2, -0.15) is 4.98 Å². The van der Waals surface area contributed by atoms with E-state index < -0.39 is 11.9 Å². The Labute approximate surface area is 222 Å². The average Bonchev–Trinajstić information content (AvgIpc) is 2.79. The molecule has 0 radical (unpaired) electrons. The number of halogens is 3. The van der Waals surface area contributed by atoms with Gasteiger partial charge in [-0.15, -0.1) is 20.4 Å². The number of hydrogen-bond acceptors (Lipinski definition) is 11. The predicted molar refractivity (Wildman–Crippen MR) is 134 cm³/mol. The van der Waals surface area contributed by atoms with Crippen LogP contribution in [0.4, 0.5) is 11.5 Å². The minimum atomic E-state index is -0.600. The van der Waals surface area contributed by atoms with Crippen molar-refractivity contribution in [2.24, 2.45) is 0 Å². The maximum absolute atomic E-state index is 11.9. The predicted octanol–water partition coefficient (Wildman–Crippen LogP) is 5.19. The monoisotopic (exact) mass is 556 g/mol. The maximum atomic E-state index is 11.9. The van der Waals surface area contributed by atoms with Gasteiger partial charge < -0.3 is 19.5 Å². The number of carbonyl (C=O) groups is 2. The fourth-order valence-corrected chi connectivity index (χ4v) is 3.00. The zero-order valence-electron chi connectivity index (χ0n) is 19.8. The van der Waals surface area contributed by atoms with Gasteiger partial charge >= 0.3 is 11.9 Å². The van der Waals surface area contributed by atoms with Crippen LogP contribution in [0.1, 0.15) is 48.7 Å². The summed E-state index contributed by atoms with van der Waals surface area (Å²) in [6, 6.07) is 8.08. The van der Waals surface area contributed by atoms with Gasteiger partial charge in [0, 0.05) is 12.1 Å². The Kier molecular flexibility index (Phi) is 11.5. The molecule has 0 amide bonds. The summed E-state index contributed by atoms with van der Waals surface area (Å²) in [6.07, 6.45) is 0.00452. The Balaban J connectivity index is 0.000000297. The Morgan fingerprint density at radius 3 is 2.06 bits per heavy atom. The van der Waals surface area contributed by atoms with Crippen LogP contribution >= 0.6 is 34.8 Å². The van der Waals surface area contributed by atoms with Crippen LogP contribution in [0.15, 0.2) is 30.3 Å². The number of pyridine rings is 1. The second-order valence-corrected chi connectivity index (χ2v) is 8.07. The van der Waals surface area contributed by atoms with Gasteiger partial charge in [-0.3, -0.25) is 0 Å². The molecule has 3 aromatic heterocycles. The van der Waals surface area contributed by atoms with E-state index in [1.165, 1.54) is 12.1 Å². The van der Waals surface area contributed by atoms with Crippen LogP contribution in [-0.4, -0.2) is 56.6 Å². The highest BCUT2D eigenvalue weighted by atomic mass is 35.5. The van der Waals surface area contributed by atoms with E-state index in [9.17, 15) is 9.59 Å². The lowest BCUT2D eigenvalue weighted by molar-refractivity contribution is 0.0509. The normalized spacial score (nSPS) is 10.2. The molecule has 0 aliphatic carbocycles. The maximum Gasteiger partial charge on any atom is 0.361 e. The van der Waals surface area contributed by atoms with Crippen molar-refractivity contribution >= 4 is 58.2 Å². The molecule has 36 heavy (non-hydrogen) atoms. The smallest absolute Gasteiger partial charge is 0.361 e. The second-order valence-electron chi connectivity index (χ2n) is 6.89. The van der Waals surface area contributed by atoms with Gasteiger partial charge in [-0.1, -0.05) is 40.9 Å². The number of hydrogen-bond donors (Lipinski definition) is 1. The Morgan fingerprint density at radius 2 is 1.47 bits per heavy atom. The van der Waals surface area contributed by atoms with Gasteiger partial charge in [0.05, 0.1) is 30.0 Å². The lowest BCUT2D eigenvalue weighted by Crippen LogP contribution is -2.12. The minimum absolute atomic E-state index is 0.00452. The van der Waals surface area contributed by atoms with E-state index in [0.29, 0.717) is 17.4 Å². The summed E-state index contributed by atoms with van der Waals surface area (Å²) in [5, 5.41) is 17.8. The van der Waals surface area contributed by atoms with Crippen LogP contribution in [0, 0.1) is 0 Å². The van der Waals surface area contributed by atoms with Crippen molar-refractivity contribution in [3.8, 4) is 5.88 Å². The summed E-state index contributed by atoms with van der Waals surface area (Å²) in [7, 11) is 0. The highest BCUT2D eigenvalue weighted by molar-refractivity contribution is 6.35. The number of ether oxygens (including phenoxy) is 3. The molecule has 0 saturated heterocycles. The first kappa shape index (κ1) is 29.0. The van der Waals surface area contributed by atoms with Crippen molar-refractivity contribution < 1.29 is 23.8 Å². The van der Waals surface area contributed by atoms with E-state index in [4.69, 9.17) is 44.3 Å². The Bertz CT molecular complexity index is 1200. The Morgan fingerprint density at radius 1 is 0.889 bits per heavy atom. The molecule has 3 heterocycles. The molecule has 0 bridgehead atoms. The van der Waals surface area contributed by atoms with Gasteiger partial charge in [-0.25, -0.2) is 9.59 Å². The molecule has 0 saturated carbocycles. The van der Waals surface area contributed by atoms with Crippen LogP contribution in [0.2, 0.25) is 15.3 Å². The molecule has 0 fully saturated rings. The number of aromatic nitrogens is 5. The highest BCUT2D eigenvalue weighted by Crippen LogP contribution is 2.23. The first-order valence-electron chi connectivity index (χ1n) is 10.6. The largest absolute Gasteiger partial charge is 0.475 e. The molecule has 11 nitrogen and oxygen atoms in total. The standard InChI is InChI=1S/C15H17ClN4O3.C7H6Cl2N2O2/c1-4-22-15(21)14-10(8-11(16)19-20-14)17-12-6-5-7-13(18-12)23-9(2)3;1-2-13-7(12)6-4(8)3-5(9)10-11-6/h5-9H,4H2,1-3H3,(H,17,18,19);3H,2H2,1H3. The van der Waals surface area contributed by atoms with E-state index >= 15 is 0 Å². The third-order valence-corrected chi connectivity index (χ3v) is 4.42. The van der Waals surface area contributed by atoms with Gasteiger partial charge in [-0.05, 0) is 39.8 Å². The zero-order chi connectivity index (χ0) is 26.7. The second kappa shape index (κ2) is 14.3. The molecule has 0 aliphatic rings. The quantitative estimate of drug-likeness (QED) is 0.366. The average molecular weight is 558 g/mol. The molecule has 0 atom stereocenters. The van der Waals surface area contributed by atoms with Crippen LogP contribution in [-0.2, 0) is 9.47 Å². The summed E-state index contributed by atoms with van der Waals surface area (Å²) in [4.78, 5) is 27.4. The van der Waals surface area contributed by atoms with Crippen molar-refractivity contribution in [3.63, 3.8) is 0 Å². The summed E-state index contributed by atoms with van der Waals surface area (Å²) < 4.78 is 15.2. The first-order valence-corrected chi connectivity index (χ1v) is 11.7. The van der Waals surface area contributed by atoms with Crippen molar-refractivity contribution in [2.45, 2.75) is 33.8 Å². The molecule has 0 unspecified atom stereocenters. The number of nitrogens with zero attached hydrogens (tertiary/aromatic N) is 5. The SMILES string of the molecule is CCOC(=O)c1nnc(Cl)cc1Cl.CCOC(=O)c1nnc(Cl)cc1Nc1cccc(OC(C)C)n1. The number of esters is 2. The first-order chi connectivity index (χ1) is 17.1. The fourth-order valence-electron chi connectivity index (χ4n) is 2.43. The fraction of sp³-hybridized carbons (Fsp3) is 0.318. The molecule has 0 aliphatic heterocycles. The van der Waals surface area contributed by atoms with Gasteiger partial charge in [0.15, 0.2) is 21.7 Å². The molecule has 0 aromatic carbocycles. The number of rotatable bonds is 8. The molecular formula is C22H23Cl3N6O5. The highest BCUT2D eigenvalue weighted by Gasteiger charge is 2.17. The molecular weight excluding hydrogens is 535 g/mol. The third-order valence-electron chi connectivity index (χ3n) is 3.76. The van der Waals surface area contributed by atoms with Crippen molar-refractivity contribution in [2.75, 3.05) is 18.5 Å². The summed E-state index contributed by atoms with van der Waals surface area (Å²) >= 11 is 17.0. The molecule has 192 valence electrons. The topological polar surface area (TPSA) is 138 Å². The van der Waals surface area contributed by atoms with Crippen molar-refractivity contribution in [1.29, 1.82) is 0 Å². The van der Waals surface area contributed by atoms with E-state index in [1.807, 2.05) is 13.8 Å². The van der Waals surface area contributed by atoms with Gasteiger partial charge in [0.2, 0.25) is 5.88 Å². The lowest BCUT2D eigenvalue weighted by atomic mass is 10.3. The molecule has 14 heteroatoms. The summed E-state index contributed by atoms with van der Waals surface area (Å²) in [5.74, 6) is -0.237. The molecule has 3 rings (SSSR count). The van der Waals surface area contributed by atoms with Gasteiger partial charge in [0.25, 0.3) is 0 Å². The van der Waals surface area contributed by atoms with E-state index in [2.05, 4.69) is 35.4 Å². The number of carbonyl (C=O) groups excluding carboxylic acids is 2.